The molecule has 1 atom stereocenters. The highest BCUT2D eigenvalue weighted by molar-refractivity contribution is 7.71. The Kier molecular flexibility index (Phi) is 3.68. The van der Waals surface area contributed by atoms with Gasteiger partial charge in [0, 0.05) is 17.2 Å². The minimum atomic E-state index is 0.232. The number of nitrogens with one attached hydrogen (secondary N) is 1. The summed E-state index contributed by atoms with van der Waals surface area (Å²) < 4.78 is 8.28. The van der Waals surface area contributed by atoms with Gasteiger partial charge in [0.1, 0.15) is 0 Å². The van der Waals surface area contributed by atoms with Crippen LogP contribution in [-0.4, -0.2) is 27.5 Å². The zero-order chi connectivity index (χ0) is 13.2. The second-order valence-electron chi connectivity index (χ2n) is 4.60. The second kappa shape index (κ2) is 5.45. The van der Waals surface area contributed by atoms with E-state index in [4.69, 9.17) is 28.6 Å². The number of H-pyrrole nitrogens is 1. The molecule has 2 aromatic rings. The fourth-order valence-electron chi connectivity index (χ4n) is 2.30. The minimum absolute atomic E-state index is 0.232. The molecule has 100 valence electrons. The van der Waals surface area contributed by atoms with Gasteiger partial charge in [0.2, 0.25) is 0 Å². The zero-order valence-electron chi connectivity index (χ0n) is 10.3. The highest BCUT2D eigenvalue weighted by atomic mass is 35.5. The van der Waals surface area contributed by atoms with Crippen LogP contribution >= 0.6 is 23.8 Å². The molecule has 2 heterocycles. The number of ether oxygens (including phenoxy) is 1. The Morgan fingerprint density at radius 1 is 1.42 bits per heavy atom. The van der Waals surface area contributed by atoms with Gasteiger partial charge in [0.25, 0.3) is 0 Å². The molecule has 0 unspecified atom stereocenters. The maximum absolute atomic E-state index is 5.91. The highest BCUT2D eigenvalue weighted by Gasteiger charge is 2.19. The Morgan fingerprint density at radius 3 is 2.89 bits per heavy atom. The molecule has 1 aromatic heterocycles. The standard InChI is InChI=1S/C13H14ClN3OS/c14-10-5-3-9(4-6-10)12-15-16-13(19)17(12)8-11-2-1-7-18-11/h3-6,11H,1-2,7-8H2,(H,16,19)/t11-/m0/s1. The molecule has 1 aliphatic rings. The fourth-order valence-corrected chi connectivity index (χ4v) is 2.63. The van der Waals surface area contributed by atoms with Gasteiger partial charge in [-0.1, -0.05) is 11.6 Å². The molecule has 0 spiro atoms. The maximum atomic E-state index is 5.91. The normalized spacial score (nSPS) is 18.9. The van der Waals surface area contributed by atoms with E-state index in [1.54, 1.807) is 0 Å². The lowest BCUT2D eigenvalue weighted by Crippen LogP contribution is -2.15. The number of aromatic amines is 1. The summed E-state index contributed by atoms with van der Waals surface area (Å²) in [5, 5.41) is 7.87. The summed E-state index contributed by atoms with van der Waals surface area (Å²) in [6.07, 6.45) is 2.43. The van der Waals surface area contributed by atoms with E-state index in [1.807, 2.05) is 28.8 Å². The smallest absolute Gasteiger partial charge is 0.195 e. The molecule has 4 nitrogen and oxygen atoms in total. The number of rotatable bonds is 3. The molecule has 1 aliphatic heterocycles. The molecule has 3 rings (SSSR count). The van der Waals surface area contributed by atoms with Crippen molar-refractivity contribution in [1.82, 2.24) is 14.8 Å². The number of aromatic nitrogens is 3. The van der Waals surface area contributed by atoms with Gasteiger partial charge in [-0.05, 0) is 49.3 Å². The van der Waals surface area contributed by atoms with Crippen LogP contribution in [0, 0.1) is 4.77 Å². The minimum Gasteiger partial charge on any atom is -0.376 e. The van der Waals surface area contributed by atoms with Gasteiger partial charge < -0.3 is 4.74 Å². The van der Waals surface area contributed by atoms with Gasteiger partial charge in [-0.3, -0.25) is 9.67 Å². The predicted molar refractivity (Wildman–Crippen MR) is 76.8 cm³/mol. The third-order valence-electron chi connectivity index (χ3n) is 3.27. The fraction of sp³-hybridized carbons (Fsp3) is 0.385. The first-order chi connectivity index (χ1) is 9.24. The number of benzene rings is 1. The molecule has 19 heavy (non-hydrogen) atoms. The van der Waals surface area contributed by atoms with Crippen LogP contribution in [0.15, 0.2) is 24.3 Å². The molecule has 0 saturated carbocycles. The summed E-state index contributed by atoms with van der Waals surface area (Å²) in [5.74, 6) is 0.831. The average molecular weight is 296 g/mol. The van der Waals surface area contributed by atoms with Crippen molar-refractivity contribution in [3.8, 4) is 11.4 Å². The number of nitrogens with zero attached hydrogens (tertiary/aromatic N) is 2. The Hall–Kier alpha value is -1.17. The van der Waals surface area contributed by atoms with Crippen LogP contribution in [0.5, 0.6) is 0 Å². The molecule has 0 bridgehead atoms. The zero-order valence-corrected chi connectivity index (χ0v) is 11.9. The molecule has 0 radical (unpaired) electrons. The molecular weight excluding hydrogens is 282 g/mol. The lowest BCUT2D eigenvalue weighted by Gasteiger charge is -2.12. The highest BCUT2D eigenvalue weighted by Crippen LogP contribution is 2.22. The Balaban J connectivity index is 1.93. The predicted octanol–water partition coefficient (Wildman–Crippen LogP) is 3.44. The van der Waals surface area contributed by atoms with Gasteiger partial charge in [0.05, 0.1) is 12.6 Å². The van der Waals surface area contributed by atoms with Gasteiger partial charge in [-0.2, -0.15) is 5.10 Å². The molecule has 1 saturated heterocycles. The average Bonchev–Trinajstić information content (AvgIpc) is 3.03. The van der Waals surface area contributed by atoms with Crippen molar-refractivity contribution < 1.29 is 4.74 Å². The maximum Gasteiger partial charge on any atom is 0.195 e. The van der Waals surface area contributed by atoms with Crippen LogP contribution in [-0.2, 0) is 11.3 Å². The van der Waals surface area contributed by atoms with E-state index in [9.17, 15) is 0 Å². The number of hydrogen-bond donors (Lipinski definition) is 1. The Morgan fingerprint density at radius 2 is 2.21 bits per heavy atom. The van der Waals surface area contributed by atoms with Gasteiger partial charge in [-0.25, -0.2) is 0 Å². The van der Waals surface area contributed by atoms with Gasteiger partial charge in [-0.15, -0.1) is 0 Å². The van der Waals surface area contributed by atoms with E-state index in [2.05, 4.69) is 10.2 Å². The van der Waals surface area contributed by atoms with Crippen LogP contribution in [0.2, 0.25) is 5.02 Å². The van der Waals surface area contributed by atoms with Crippen molar-refractivity contribution in [1.29, 1.82) is 0 Å². The molecule has 1 fully saturated rings. The van der Waals surface area contributed by atoms with Crippen LogP contribution < -0.4 is 0 Å². The summed E-state index contributed by atoms with van der Waals surface area (Å²) >= 11 is 11.2. The first-order valence-corrected chi connectivity index (χ1v) is 7.05. The van der Waals surface area contributed by atoms with Crippen molar-refractivity contribution in [2.75, 3.05) is 6.61 Å². The van der Waals surface area contributed by atoms with Crippen molar-refractivity contribution in [3.63, 3.8) is 0 Å². The monoisotopic (exact) mass is 295 g/mol. The third kappa shape index (κ3) is 2.73. The van der Waals surface area contributed by atoms with Crippen molar-refractivity contribution in [3.05, 3.63) is 34.1 Å². The Bertz CT molecular complexity index is 614. The van der Waals surface area contributed by atoms with Crippen LogP contribution in [0.25, 0.3) is 11.4 Å². The first-order valence-electron chi connectivity index (χ1n) is 6.27. The van der Waals surface area contributed by atoms with Crippen LogP contribution in [0.1, 0.15) is 12.8 Å². The van der Waals surface area contributed by atoms with Crippen LogP contribution in [0.3, 0.4) is 0 Å². The van der Waals surface area contributed by atoms with Crippen LogP contribution in [0.4, 0.5) is 0 Å². The lowest BCUT2D eigenvalue weighted by molar-refractivity contribution is 0.0970. The largest absolute Gasteiger partial charge is 0.376 e. The van der Waals surface area contributed by atoms with E-state index >= 15 is 0 Å². The molecule has 1 N–H and O–H groups in total. The SMILES string of the molecule is S=c1[nH]nc(-c2ccc(Cl)cc2)n1C[C@@H]1CCCO1. The quantitative estimate of drug-likeness (QED) is 0.882. The third-order valence-corrected chi connectivity index (χ3v) is 3.83. The first kappa shape index (κ1) is 12.8. The van der Waals surface area contributed by atoms with Crippen molar-refractivity contribution >= 4 is 23.8 Å². The summed E-state index contributed by atoms with van der Waals surface area (Å²) in [6, 6.07) is 7.59. The van der Waals surface area contributed by atoms with E-state index in [1.165, 1.54) is 0 Å². The van der Waals surface area contributed by atoms with E-state index in [0.29, 0.717) is 9.79 Å². The molecular formula is C13H14ClN3OS. The summed E-state index contributed by atoms with van der Waals surface area (Å²) in [4.78, 5) is 0. The second-order valence-corrected chi connectivity index (χ2v) is 5.43. The summed E-state index contributed by atoms with van der Waals surface area (Å²) in [6.45, 7) is 1.58. The molecule has 0 amide bonds. The van der Waals surface area contributed by atoms with Crippen molar-refractivity contribution in [2.45, 2.75) is 25.5 Å². The topological polar surface area (TPSA) is 42.8 Å². The summed E-state index contributed by atoms with van der Waals surface area (Å²) in [7, 11) is 0. The molecule has 1 aromatic carbocycles. The van der Waals surface area contributed by atoms with E-state index in [0.717, 1.165) is 37.4 Å². The number of halogens is 1. The number of hydrogen-bond acceptors (Lipinski definition) is 3. The van der Waals surface area contributed by atoms with Gasteiger partial charge in [0.15, 0.2) is 10.6 Å². The lowest BCUT2D eigenvalue weighted by atomic mass is 10.2. The van der Waals surface area contributed by atoms with Crippen molar-refractivity contribution in [2.24, 2.45) is 0 Å². The van der Waals surface area contributed by atoms with E-state index < -0.39 is 0 Å². The Labute approximate surface area is 121 Å². The summed E-state index contributed by atoms with van der Waals surface area (Å²) in [5.41, 5.74) is 0.995. The molecule has 0 aliphatic carbocycles. The molecule has 6 heteroatoms. The van der Waals surface area contributed by atoms with Gasteiger partial charge >= 0.3 is 0 Å². The van der Waals surface area contributed by atoms with E-state index in [-0.39, 0.29) is 6.10 Å².